The van der Waals surface area contributed by atoms with Gasteiger partial charge in [0.1, 0.15) is 24.1 Å². The maximum atomic E-state index is 14.7. The number of nitrogens with zero attached hydrogens (tertiary/aromatic N) is 2. The van der Waals surface area contributed by atoms with Crippen molar-refractivity contribution in [3.05, 3.63) is 131 Å². The van der Waals surface area contributed by atoms with E-state index in [0.29, 0.717) is 28.7 Å². The second-order valence-corrected chi connectivity index (χ2v) is 15.6. The summed E-state index contributed by atoms with van der Waals surface area (Å²) in [6.45, 7) is 0.584. The molecule has 288 valence electrons. The van der Waals surface area contributed by atoms with Crippen LogP contribution >= 0.6 is 23.2 Å². The number of fused-ring (bicyclic) bond motifs is 9. The van der Waals surface area contributed by atoms with Crippen molar-refractivity contribution in [2.45, 2.75) is 36.6 Å². The van der Waals surface area contributed by atoms with Crippen LogP contribution < -0.4 is 15.1 Å². The molecule has 3 aliphatic rings. The summed E-state index contributed by atoms with van der Waals surface area (Å²) in [6, 6.07) is 33.0. The molecule has 0 bridgehead atoms. The third-order valence-electron chi connectivity index (χ3n) is 11.8. The van der Waals surface area contributed by atoms with Crippen LogP contribution in [0.3, 0.4) is 0 Å². The molecule has 0 saturated carbocycles. The van der Waals surface area contributed by atoms with Gasteiger partial charge in [-0.3, -0.25) is 9.59 Å². The van der Waals surface area contributed by atoms with Gasteiger partial charge >= 0.3 is 6.09 Å². The van der Waals surface area contributed by atoms with Crippen molar-refractivity contribution in [3.63, 3.8) is 0 Å². The van der Waals surface area contributed by atoms with Crippen LogP contribution in [0.25, 0.3) is 32.7 Å². The fourth-order valence-corrected chi connectivity index (χ4v) is 9.68. The Kier molecular flexibility index (Phi) is 9.67. The molecule has 3 amide bonds. The van der Waals surface area contributed by atoms with Crippen LogP contribution in [-0.4, -0.2) is 65.6 Å². The molecule has 2 heterocycles. The van der Waals surface area contributed by atoms with Gasteiger partial charge < -0.3 is 30.1 Å². The number of phenolic OH excluding ortho intramolecular Hbond substituents is 2. The normalized spacial score (nSPS) is 17.3. The van der Waals surface area contributed by atoms with Crippen LogP contribution in [0.15, 0.2) is 109 Å². The summed E-state index contributed by atoms with van der Waals surface area (Å²) in [4.78, 5) is 45.8. The minimum absolute atomic E-state index is 0.0194. The fourth-order valence-electron chi connectivity index (χ4n) is 9.18. The highest BCUT2D eigenvalue weighted by Crippen LogP contribution is 2.48. The number of ether oxygens (including phenoxy) is 1. The van der Waals surface area contributed by atoms with Crippen LogP contribution in [-0.2, 0) is 14.3 Å². The van der Waals surface area contributed by atoms with Crippen molar-refractivity contribution in [1.29, 1.82) is 0 Å². The van der Waals surface area contributed by atoms with E-state index in [1.54, 1.807) is 21.9 Å². The van der Waals surface area contributed by atoms with E-state index in [9.17, 15) is 24.6 Å². The Bertz CT molecular complexity index is 2550. The number of alkyl carbamates (subject to hydrolysis) is 1. The maximum Gasteiger partial charge on any atom is 0.407 e. The largest absolute Gasteiger partial charge is 0.507 e. The van der Waals surface area contributed by atoms with E-state index in [-0.39, 0.29) is 72.9 Å². The minimum atomic E-state index is -1.17. The summed E-state index contributed by atoms with van der Waals surface area (Å²) in [6.07, 6.45) is -0.942. The number of amides is 3. The van der Waals surface area contributed by atoms with Crippen LogP contribution in [0, 0.1) is 0 Å². The van der Waals surface area contributed by atoms with Crippen molar-refractivity contribution in [2.75, 3.05) is 41.3 Å². The Hall–Kier alpha value is -5.77. The smallest absolute Gasteiger partial charge is 0.407 e. The second kappa shape index (κ2) is 15.0. The van der Waals surface area contributed by atoms with Crippen LogP contribution in [0.2, 0.25) is 0 Å². The predicted octanol–water partition coefficient (Wildman–Crippen LogP) is 9.13. The Labute approximate surface area is 339 Å². The molecule has 0 saturated heterocycles. The summed E-state index contributed by atoms with van der Waals surface area (Å²) >= 11 is 13.0. The Morgan fingerprint density at radius 3 is 1.70 bits per heavy atom. The van der Waals surface area contributed by atoms with E-state index in [0.717, 1.165) is 44.2 Å². The number of benzene rings is 6. The molecule has 0 spiro atoms. The number of alkyl halides is 2. The van der Waals surface area contributed by atoms with Gasteiger partial charge in [0.2, 0.25) is 11.8 Å². The number of nitrogens with one attached hydrogen (secondary N) is 1. The Morgan fingerprint density at radius 1 is 0.684 bits per heavy atom. The third kappa shape index (κ3) is 6.30. The molecule has 0 aromatic heterocycles. The van der Waals surface area contributed by atoms with E-state index in [2.05, 4.69) is 17.4 Å². The molecule has 6 aromatic carbocycles. The number of carbonyl (C=O) groups excluding carboxylic acids is 3. The first-order valence-electron chi connectivity index (χ1n) is 19.1. The van der Waals surface area contributed by atoms with Crippen LogP contribution in [0.5, 0.6) is 11.5 Å². The third-order valence-corrected chi connectivity index (χ3v) is 12.6. The average Bonchev–Trinajstić information content (AvgIpc) is 3.91. The highest BCUT2D eigenvalue weighted by atomic mass is 35.5. The molecule has 2 aliphatic heterocycles. The standard InChI is InChI=1S/C46H39Cl2N3O6/c47-21-26-23-50(38-19-40(52)32-13-5-7-15-34(32)43(26)38)42(54)18-17-37(45(55)51-24-27(22-48)44-35-16-8-6-14-33(35)41(53)20-39(44)51)49-46(56)57-25-36-30-11-3-1-9-28(30)29-10-2-4-12-31(29)36/h1-16,19-20,26-27,36-37,52-53H,17-18,21-25H2,(H,49,56)/t26-,27-,37+/m1/s1. The summed E-state index contributed by atoms with van der Waals surface area (Å²) in [7, 11) is 0. The molecule has 1 aliphatic carbocycles. The van der Waals surface area contributed by atoms with Crippen molar-refractivity contribution in [1.82, 2.24) is 5.32 Å². The quantitative estimate of drug-likeness (QED) is 0.126. The van der Waals surface area contributed by atoms with E-state index < -0.39 is 18.0 Å². The number of aromatic hydroxyl groups is 2. The minimum Gasteiger partial charge on any atom is -0.507 e. The summed E-state index contributed by atoms with van der Waals surface area (Å²) in [5, 5.41) is 27.8. The first-order valence-corrected chi connectivity index (χ1v) is 20.2. The van der Waals surface area contributed by atoms with Crippen molar-refractivity contribution in [3.8, 4) is 22.6 Å². The number of rotatable bonds is 9. The number of hydrogen-bond acceptors (Lipinski definition) is 6. The number of anilines is 2. The number of carbonyl (C=O) groups is 3. The lowest BCUT2D eigenvalue weighted by molar-refractivity contribution is -0.121. The molecular weight excluding hydrogens is 761 g/mol. The lowest BCUT2D eigenvalue weighted by atomic mass is 9.95. The molecule has 57 heavy (non-hydrogen) atoms. The number of phenols is 2. The Balaban J connectivity index is 1.00. The van der Waals surface area contributed by atoms with Crippen LogP contribution in [0.1, 0.15) is 52.8 Å². The van der Waals surface area contributed by atoms with Gasteiger partial charge in [-0.05, 0) is 50.6 Å². The molecule has 11 heteroatoms. The van der Waals surface area contributed by atoms with E-state index >= 15 is 0 Å². The zero-order valence-electron chi connectivity index (χ0n) is 30.8. The van der Waals surface area contributed by atoms with E-state index in [4.69, 9.17) is 27.9 Å². The zero-order valence-corrected chi connectivity index (χ0v) is 32.3. The summed E-state index contributed by atoms with van der Waals surface area (Å²) < 4.78 is 5.89. The van der Waals surface area contributed by atoms with Crippen molar-refractivity contribution in [2.24, 2.45) is 0 Å². The lowest BCUT2D eigenvalue weighted by Gasteiger charge is -2.26. The highest BCUT2D eigenvalue weighted by molar-refractivity contribution is 6.19. The number of halogens is 2. The summed E-state index contributed by atoms with van der Waals surface area (Å²) in [5.41, 5.74) is 7.11. The van der Waals surface area contributed by atoms with Gasteiger partial charge in [0, 0.05) is 71.9 Å². The van der Waals surface area contributed by atoms with E-state index in [1.165, 1.54) is 0 Å². The second-order valence-electron chi connectivity index (χ2n) is 15.0. The highest BCUT2D eigenvalue weighted by Gasteiger charge is 2.40. The van der Waals surface area contributed by atoms with Crippen molar-refractivity contribution >= 4 is 74.0 Å². The summed E-state index contributed by atoms with van der Waals surface area (Å²) in [5.74, 6) is -0.751. The van der Waals surface area contributed by atoms with Gasteiger partial charge in [0.15, 0.2) is 0 Å². The molecule has 9 rings (SSSR count). The first kappa shape index (κ1) is 36.8. The van der Waals surface area contributed by atoms with Gasteiger partial charge in [-0.25, -0.2) is 4.79 Å². The predicted molar refractivity (Wildman–Crippen MR) is 224 cm³/mol. The van der Waals surface area contributed by atoms with Crippen molar-refractivity contribution < 1.29 is 29.3 Å². The molecular formula is C46H39Cl2N3O6. The maximum absolute atomic E-state index is 14.7. The zero-order chi connectivity index (χ0) is 39.4. The van der Waals surface area contributed by atoms with Gasteiger partial charge in [-0.2, -0.15) is 0 Å². The average molecular weight is 801 g/mol. The molecule has 0 fully saturated rings. The molecule has 0 radical (unpaired) electrons. The topological polar surface area (TPSA) is 119 Å². The number of hydrogen-bond donors (Lipinski definition) is 3. The molecule has 9 nitrogen and oxygen atoms in total. The lowest BCUT2D eigenvalue weighted by Crippen LogP contribution is -2.49. The van der Waals surface area contributed by atoms with E-state index in [1.807, 2.05) is 84.9 Å². The molecule has 3 N–H and O–H groups in total. The van der Waals surface area contributed by atoms with Gasteiger partial charge in [0.25, 0.3) is 0 Å². The molecule has 6 aromatic rings. The monoisotopic (exact) mass is 799 g/mol. The SMILES string of the molecule is O=C(N[C@@H](CCC(=O)N1C[C@@H](CCl)c2c1cc(O)c1ccccc21)C(=O)N1C[C@@H](CCl)c2c1cc(O)c1ccccc21)OCC1c2ccccc2-c2ccccc21. The Morgan fingerprint density at radius 2 is 1.16 bits per heavy atom. The fraction of sp³-hybridized carbons (Fsp3) is 0.239. The van der Waals surface area contributed by atoms with Gasteiger partial charge in [-0.1, -0.05) is 97.1 Å². The van der Waals surface area contributed by atoms with Gasteiger partial charge in [0.05, 0.1) is 11.4 Å². The molecule has 0 unspecified atom stereocenters. The molecule has 3 atom stereocenters. The van der Waals surface area contributed by atoms with Crippen LogP contribution in [0.4, 0.5) is 16.2 Å². The van der Waals surface area contributed by atoms with Gasteiger partial charge in [-0.15, -0.1) is 23.2 Å². The first-order chi connectivity index (χ1) is 27.8.